The predicted molar refractivity (Wildman–Crippen MR) is 110 cm³/mol. The molecule has 0 aromatic rings. The number of nitrogens with zero attached hydrogens (tertiary/aromatic N) is 2. The van der Waals surface area contributed by atoms with E-state index in [-0.39, 0.29) is 0 Å². The van der Waals surface area contributed by atoms with Crippen molar-refractivity contribution in [2.75, 3.05) is 26.2 Å². The molecule has 0 rings (SSSR count). The van der Waals surface area contributed by atoms with Crippen LogP contribution in [0.15, 0.2) is 12.4 Å². The van der Waals surface area contributed by atoms with E-state index in [2.05, 4.69) is 44.1 Å². The SMILES string of the molecule is C=C(N(CCCCC)CCCCC)N(CCCCC)CCCCC. The van der Waals surface area contributed by atoms with Crippen molar-refractivity contribution in [2.45, 2.75) is 105 Å². The van der Waals surface area contributed by atoms with Gasteiger partial charge < -0.3 is 9.80 Å². The molecule has 2 heteroatoms. The van der Waals surface area contributed by atoms with Crippen molar-refractivity contribution in [2.24, 2.45) is 0 Å². The molecule has 0 bridgehead atoms. The summed E-state index contributed by atoms with van der Waals surface area (Å²) in [5.74, 6) is 1.30. The number of hydrogen-bond donors (Lipinski definition) is 0. The van der Waals surface area contributed by atoms with E-state index in [0.717, 1.165) is 0 Å². The van der Waals surface area contributed by atoms with E-state index in [1.807, 2.05) is 0 Å². The van der Waals surface area contributed by atoms with E-state index >= 15 is 0 Å². The molecule has 0 N–H and O–H groups in total. The third-order valence-electron chi connectivity index (χ3n) is 4.86. The minimum Gasteiger partial charge on any atom is -0.359 e. The molecule has 0 fully saturated rings. The lowest BCUT2D eigenvalue weighted by Gasteiger charge is -2.36. The van der Waals surface area contributed by atoms with Gasteiger partial charge in [-0.2, -0.15) is 0 Å². The highest BCUT2D eigenvalue weighted by Crippen LogP contribution is 2.15. The largest absolute Gasteiger partial charge is 0.359 e. The average molecular weight is 339 g/mol. The van der Waals surface area contributed by atoms with Crippen molar-refractivity contribution in [1.29, 1.82) is 0 Å². The molecule has 0 spiro atoms. The Balaban J connectivity index is 4.65. The van der Waals surface area contributed by atoms with Crippen LogP contribution in [0.2, 0.25) is 0 Å². The lowest BCUT2D eigenvalue weighted by molar-refractivity contribution is 0.199. The van der Waals surface area contributed by atoms with E-state index in [1.54, 1.807) is 0 Å². The van der Waals surface area contributed by atoms with Crippen molar-refractivity contribution in [3.63, 3.8) is 0 Å². The molecule has 0 saturated carbocycles. The molecule has 0 aliphatic rings. The molecule has 0 heterocycles. The van der Waals surface area contributed by atoms with Gasteiger partial charge in [0.1, 0.15) is 0 Å². The summed E-state index contributed by atoms with van der Waals surface area (Å²) >= 11 is 0. The summed E-state index contributed by atoms with van der Waals surface area (Å²) in [4.78, 5) is 5.17. The predicted octanol–water partition coefficient (Wildman–Crippen LogP) is 6.82. The van der Waals surface area contributed by atoms with Crippen molar-refractivity contribution < 1.29 is 0 Å². The van der Waals surface area contributed by atoms with Gasteiger partial charge >= 0.3 is 0 Å². The van der Waals surface area contributed by atoms with Gasteiger partial charge in [-0.25, -0.2) is 0 Å². The van der Waals surface area contributed by atoms with Crippen LogP contribution in [0.1, 0.15) is 105 Å². The summed E-state index contributed by atoms with van der Waals surface area (Å²) in [6.07, 6.45) is 15.8. The van der Waals surface area contributed by atoms with Crippen LogP contribution in [0, 0.1) is 0 Å². The molecule has 0 unspecified atom stereocenters. The van der Waals surface area contributed by atoms with E-state index in [4.69, 9.17) is 0 Å². The third kappa shape index (κ3) is 11.8. The monoisotopic (exact) mass is 338 g/mol. The zero-order valence-corrected chi connectivity index (χ0v) is 17.4. The van der Waals surface area contributed by atoms with Crippen molar-refractivity contribution in [3.8, 4) is 0 Å². The molecule has 0 aromatic carbocycles. The maximum Gasteiger partial charge on any atom is 0.0965 e. The molecule has 0 radical (unpaired) electrons. The second-order valence-corrected chi connectivity index (χ2v) is 7.22. The molecule has 0 aromatic heterocycles. The van der Waals surface area contributed by atoms with Crippen molar-refractivity contribution >= 4 is 0 Å². The fourth-order valence-corrected chi connectivity index (χ4v) is 3.15. The van der Waals surface area contributed by atoms with Gasteiger partial charge in [-0.1, -0.05) is 85.6 Å². The van der Waals surface area contributed by atoms with Crippen LogP contribution in [-0.4, -0.2) is 36.0 Å². The zero-order chi connectivity index (χ0) is 18.0. The van der Waals surface area contributed by atoms with Crippen molar-refractivity contribution in [3.05, 3.63) is 12.4 Å². The summed E-state index contributed by atoms with van der Waals surface area (Å²) in [7, 11) is 0. The number of hydrogen-bond acceptors (Lipinski definition) is 2. The molecule has 144 valence electrons. The fraction of sp³-hybridized carbons (Fsp3) is 0.909. The lowest BCUT2D eigenvalue weighted by atomic mass is 10.2. The van der Waals surface area contributed by atoms with Crippen molar-refractivity contribution in [1.82, 2.24) is 9.80 Å². The Morgan fingerprint density at radius 1 is 0.500 bits per heavy atom. The van der Waals surface area contributed by atoms with Crippen LogP contribution in [0.4, 0.5) is 0 Å². The van der Waals surface area contributed by atoms with Gasteiger partial charge in [0.05, 0.1) is 5.82 Å². The number of rotatable bonds is 18. The highest BCUT2D eigenvalue weighted by atomic mass is 15.3. The molecule has 0 saturated heterocycles. The summed E-state index contributed by atoms with van der Waals surface area (Å²) in [6.45, 7) is 18.4. The Labute approximate surface area is 153 Å². The Kier molecular flexibility index (Phi) is 16.7. The van der Waals surface area contributed by atoms with Crippen LogP contribution in [0.3, 0.4) is 0 Å². The maximum absolute atomic E-state index is 4.52. The van der Waals surface area contributed by atoms with E-state index in [9.17, 15) is 0 Å². The lowest BCUT2D eigenvalue weighted by Crippen LogP contribution is -2.37. The summed E-state index contributed by atoms with van der Waals surface area (Å²) in [6, 6.07) is 0. The summed E-state index contributed by atoms with van der Waals surface area (Å²) in [5.41, 5.74) is 0. The van der Waals surface area contributed by atoms with Gasteiger partial charge in [0.15, 0.2) is 0 Å². The normalized spacial score (nSPS) is 10.8. The topological polar surface area (TPSA) is 6.48 Å². The smallest absolute Gasteiger partial charge is 0.0965 e. The first kappa shape index (κ1) is 23.3. The second-order valence-electron chi connectivity index (χ2n) is 7.22. The number of unbranched alkanes of at least 4 members (excludes halogenated alkanes) is 8. The molecule has 0 atom stereocenters. The summed E-state index contributed by atoms with van der Waals surface area (Å²) < 4.78 is 0. The Hall–Kier alpha value is -0.660. The molecular weight excluding hydrogens is 292 g/mol. The van der Waals surface area contributed by atoms with Gasteiger partial charge in [0.25, 0.3) is 0 Å². The minimum atomic E-state index is 1.19. The Bertz CT molecular complexity index is 229. The molecular formula is C22H46N2. The molecule has 24 heavy (non-hydrogen) atoms. The quantitative estimate of drug-likeness (QED) is 0.253. The van der Waals surface area contributed by atoms with Gasteiger partial charge in [0.2, 0.25) is 0 Å². The van der Waals surface area contributed by atoms with E-state index in [1.165, 1.54) is 109 Å². The Morgan fingerprint density at radius 2 is 0.750 bits per heavy atom. The second kappa shape index (κ2) is 17.2. The Morgan fingerprint density at radius 3 is 0.958 bits per heavy atom. The molecule has 0 aliphatic carbocycles. The van der Waals surface area contributed by atoms with Crippen LogP contribution >= 0.6 is 0 Å². The molecule has 0 aliphatic heterocycles. The molecule has 2 nitrogen and oxygen atoms in total. The third-order valence-corrected chi connectivity index (χ3v) is 4.86. The van der Waals surface area contributed by atoms with Gasteiger partial charge in [-0.3, -0.25) is 0 Å². The first-order chi connectivity index (χ1) is 11.7. The van der Waals surface area contributed by atoms with Crippen LogP contribution in [-0.2, 0) is 0 Å². The van der Waals surface area contributed by atoms with Gasteiger partial charge in [0, 0.05) is 26.2 Å². The van der Waals surface area contributed by atoms with E-state index in [0.29, 0.717) is 0 Å². The first-order valence-corrected chi connectivity index (χ1v) is 10.9. The average Bonchev–Trinajstić information content (AvgIpc) is 2.59. The standard InChI is InChI=1S/C22H46N2/c1-6-10-14-18-23(19-15-11-7-2)22(5)24(20-16-12-8-3)21-17-13-9-4/h5-21H2,1-4H3. The highest BCUT2D eigenvalue weighted by molar-refractivity contribution is 4.94. The van der Waals surface area contributed by atoms with Crippen LogP contribution in [0.5, 0.6) is 0 Å². The van der Waals surface area contributed by atoms with Crippen LogP contribution < -0.4 is 0 Å². The van der Waals surface area contributed by atoms with E-state index < -0.39 is 0 Å². The maximum atomic E-state index is 4.52. The van der Waals surface area contributed by atoms with Gasteiger partial charge in [-0.05, 0) is 25.7 Å². The fourth-order valence-electron chi connectivity index (χ4n) is 3.15. The van der Waals surface area contributed by atoms with Crippen LogP contribution in [0.25, 0.3) is 0 Å². The molecule has 0 amide bonds. The summed E-state index contributed by atoms with van der Waals surface area (Å²) in [5, 5.41) is 0. The minimum absolute atomic E-state index is 1.19. The first-order valence-electron chi connectivity index (χ1n) is 10.9. The zero-order valence-electron chi connectivity index (χ0n) is 17.4. The highest BCUT2D eigenvalue weighted by Gasteiger charge is 2.14. The van der Waals surface area contributed by atoms with Gasteiger partial charge in [-0.15, -0.1) is 0 Å².